The van der Waals surface area contributed by atoms with Crippen molar-refractivity contribution >= 4 is 28.1 Å². The number of hydrogen-bond acceptors (Lipinski definition) is 4. The van der Waals surface area contributed by atoms with E-state index >= 15 is 0 Å². The highest BCUT2D eigenvalue weighted by Crippen LogP contribution is 2.39. The van der Waals surface area contributed by atoms with Crippen molar-refractivity contribution in [3.05, 3.63) is 45.8 Å². The molecular weight excluding hydrogens is 346 g/mol. The Morgan fingerprint density at radius 1 is 1.31 bits per heavy atom. The summed E-state index contributed by atoms with van der Waals surface area (Å²) in [6.07, 6.45) is 7.19. The van der Waals surface area contributed by atoms with Crippen LogP contribution in [0.4, 0.5) is 0 Å². The summed E-state index contributed by atoms with van der Waals surface area (Å²) < 4.78 is 7.55. The van der Waals surface area contributed by atoms with Gasteiger partial charge in [-0.15, -0.1) is 11.3 Å². The fraction of sp³-hybridized carbons (Fsp3) is 0.400. The normalized spacial score (nSPS) is 13.6. The highest BCUT2D eigenvalue weighted by atomic mass is 32.1. The molecule has 136 valence electrons. The third-order valence-corrected chi connectivity index (χ3v) is 6.19. The molecule has 1 N–H and O–H groups in total. The quantitative estimate of drug-likeness (QED) is 0.672. The van der Waals surface area contributed by atoms with Gasteiger partial charge in [0.1, 0.15) is 10.6 Å². The minimum Gasteiger partial charge on any atom is -0.495 e. The van der Waals surface area contributed by atoms with E-state index in [-0.39, 0.29) is 5.91 Å². The number of benzene rings is 1. The molecule has 1 aliphatic carbocycles. The Bertz CT molecular complexity index is 928. The predicted molar refractivity (Wildman–Crippen MR) is 104 cm³/mol. The van der Waals surface area contributed by atoms with Crippen LogP contribution in [0.1, 0.15) is 39.4 Å². The Morgan fingerprint density at radius 3 is 3.04 bits per heavy atom. The van der Waals surface area contributed by atoms with Gasteiger partial charge in [0, 0.05) is 28.9 Å². The van der Waals surface area contributed by atoms with E-state index in [1.54, 1.807) is 18.4 Å². The monoisotopic (exact) mass is 369 g/mol. The third-order valence-electron chi connectivity index (χ3n) is 4.92. The molecule has 26 heavy (non-hydrogen) atoms. The molecule has 0 saturated heterocycles. The number of fused-ring (bicyclic) bond motifs is 2. The van der Waals surface area contributed by atoms with Crippen LogP contribution in [0.3, 0.4) is 0 Å². The van der Waals surface area contributed by atoms with Gasteiger partial charge < -0.3 is 10.1 Å². The van der Waals surface area contributed by atoms with E-state index in [9.17, 15) is 4.79 Å². The van der Waals surface area contributed by atoms with Crippen molar-refractivity contribution in [2.75, 3.05) is 13.7 Å². The van der Waals surface area contributed by atoms with Crippen LogP contribution in [-0.4, -0.2) is 29.3 Å². The number of methoxy groups -OCH3 is 1. The summed E-state index contributed by atoms with van der Waals surface area (Å²) in [5.41, 5.74) is 2.38. The number of para-hydroxylation sites is 1. The maximum absolute atomic E-state index is 12.6. The van der Waals surface area contributed by atoms with Crippen molar-refractivity contribution in [2.45, 2.75) is 38.6 Å². The lowest BCUT2D eigenvalue weighted by Gasteiger charge is -2.11. The van der Waals surface area contributed by atoms with Crippen LogP contribution < -0.4 is 10.1 Å². The Balaban J connectivity index is 1.36. The molecule has 0 atom stereocenters. The van der Waals surface area contributed by atoms with Gasteiger partial charge in [-0.2, -0.15) is 5.10 Å². The lowest BCUT2D eigenvalue weighted by atomic mass is 9.98. The second kappa shape index (κ2) is 7.50. The van der Waals surface area contributed by atoms with Crippen LogP contribution in [0.25, 0.3) is 10.9 Å². The zero-order valence-electron chi connectivity index (χ0n) is 15.0. The maximum atomic E-state index is 12.6. The van der Waals surface area contributed by atoms with E-state index in [1.807, 2.05) is 23.0 Å². The first kappa shape index (κ1) is 17.1. The number of aryl methyl sites for hydroxylation is 2. The first-order valence-corrected chi connectivity index (χ1v) is 9.97. The van der Waals surface area contributed by atoms with E-state index in [0.29, 0.717) is 6.54 Å². The molecule has 4 rings (SSSR count). The topological polar surface area (TPSA) is 56.1 Å². The second-order valence-electron chi connectivity index (χ2n) is 6.61. The maximum Gasteiger partial charge on any atom is 0.265 e. The van der Waals surface area contributed by atoms with E-state index < -0.39 is 0 Å². The first-order chi connectivity index (χ1) is 12.8. The Hall–Kier alpha value is -2.34. The van der Waals surface area contributed by atoms with Crippen molar-refractivity contribution in [3.63, 3.8) is 0 Å². The molecule has 0 spiro atoms. The number of carbonyl (C=O) groups excluding carboxylic acids is 1. The standard InChI is InChI=1S/C20H23N3O2S/c1-25-18-15-8-3-5-10-17(15)26-19(18)20(24)21-11-6-12-23-16-9-4-2-7-14(16)13-22-23/h2,4,7,9,13H,3,5-6,8,10-12H2,1H3,(H,21,24). The average Bonchev–Trinajstić information content (AvgIpc) is 3.26. The highest BCUT2D eigenvalue weighted by molar-refractivity contribution is 7.14. The van der Waals surface area contributed by atoms with Crippen LogP contribution in [0.5, 0.6) is 5.75 Å². The Labute approximate surface area is 157 Å². The largest absolute Gasteiger partial charge is 0.495 e. The van der Waals surface area contributed by atoms with Crippen molar-refractivity contribution in [1.82, 2.24) is 15.1 Å². The summed E-state index contributed by atoms with van der Waals surface area (Å²) in [5, 5.41) is 8.62. The van der Waals surface area contributed by atoms with Gasteiger partial charge in [-0.1, -0.05) is 18.2 Å². The second-order valence-corrected chi connectivity index (χ2v) is 7.71. The van der Waals surface area contributed by atoms with Crippen molar-refractivity contribution in [2.24, 2.45) is 0 Å². The average molecular weight is 369 g/mol. The fourth-order valence-electron chi connectivity index (χ4n) is 3.62. The minimum absolute atomic E-state index is 0.0217. The van der Waals surface area contributed by atoms with Gasteiger partial charge in [0.2, 0.25) is 0 Å². The number of aromatic nitrogens is 2. The van der Waals surface area contributed by atoms with E-state index in [4.69, 9.17) is 4.74 Å². The molecule has 1 amide bonds. The molecule has 5 nitrogen and oxygen atoms in total. The zero-order valence-corrected chi connectivity index (χ0v) is 15.8. The highest BCUT2D eigenvalue weighted by Gasteiger charge is 2.25. The SMILES string of the molecule is COc1c(C(=O)NCCCn2ncc3ccccc32)sc2c1CCCC2. The lowest BCUT2D eigenvalue weighted by Crippen LogP contribution is -2.25. The summed E-state index contributed by atoms with van der Waals surface area (Å²) >= 11 is 1.60. The zero-order chi connectivity index (χ0) is 17.9. The van der Waals surface area contributed by atoms with Crippen molar-refractivity contribution in [1.29, 1.82) is 0 Å². The molecule has 0 aliphatic heterocycles. The molecule has 1 aromatic carbocycles. The molecule has 2 aromatic heterocycles. The molecule has 6 heteroatoms. The fourth-order valence-corrected chi connectivity index (χ4v) is 4.89. The van der Waals surface area contributed by atoms with Gasteiger partial charge >= 0.3 is 0 Å². The summed E-state index contributed by atoms with van der Waals surface area (Å²) in [6.45, 7) is 1.41. The van der Waals surface area contributed by atoms with Gasteiger partial charge in [-0.05, 0) is 38.2 Å². The number of nitrogens with zero attached hydrogens (tertiary/aromatic N) is 2. The van der Waals surface area contributed by atoms with Crippen LogP contribution >= 0.6 is 11.3 Å². The van der Waals surface area contributed by atoms with Crippen molar-refractivity contribution < 1.29 is 9.53 Å². The molecule has 0 fully saturated rings. The molecule has 0 radical (unpaired) electrons. The van der Waals surface area contributed by atoms with Crippen molar-refractivity contribution in [3.8, 4) is 5.75 Å². The predicted octanol–water partition coefficient (Wildman–Crippen LogP) is 3.81. The van der Waals surface area contributed by atoms with Crippen LogP contribution in [-0.2, 0) is 19.4 Å². The van der Waals surface area contributed by atoms with Gasteiger partial charge in [0.25, 0.3) is 5.91 Å². The van der Waals surface area contributed by atoms with Gasteiger partial charge in [0.15, 0.2) is 0 Å². The Kier molecular flexibility index (Phi) is 4.93. The first-order valence-electron chi connectivity index (χ1n) is 9.15. The lowest BCUT2D eigenvalue weighted by molar-refractivity contribution is 0.0954. The summed E-state index contributed by atoms with van der Waals surface area (Å²) in [7, 11) is 1.66. The summed E-state index contributed by atoms with van der Waals surface area (Å²) in [6, 6.07) is 8.17. The smallest absolute Gasteiger partial charge is 0.265 e. The van der Waals surface area contributed by atoms with Gasteiger partial charge in [-0.25, -0.2) is 0 Å². The van der Waals surface area contributed by atoms with Gasteiger partial charge in [-0.3, -0.25) is 9.48 Å². The Morgan fingerprint density at radius 2 is 2.15 bits per heavy atom. The van der Waals surface area contributed by atoms with Crippen LogP contribution in [0.15, 0.2) is 30.5 Å². The summed E-state index contributed by atoms with van der Waals surface area (Å²) in [4.78, 5) is 14.7. The number of hydrogen-bond donors (Lipinski definition) is 1. The molecule has 0 unspecified atom stereocenters. The minimum atomic E-state index is -0.0217. The molecule has 1 aliphatic rings. The van der Waals surface area contributed by atoms with Gasteiger partial charge in [0.05, 0.1) is 18.8 Å². The third kappa shape index (κ3) is 3.21. The molecule has 0 bridgehead atoms. The summed E-state index contributed by atoms with van der Waals surface area (Å²) in [5.74, 6) is 0.770. The van der Waals surface area contributed by atoms with E-state index in [2.05, 4.69) is 22.5 Å². The number of rotatable bonds is 6. The molecular formula is C20H23N3O2S. The molecule has 3 aromatic rings. The van der Waals surface area contributed by atoms with Crippen LogP contribution in [0, 0.1) is 0 Å². The number of amides is 1. The number of ether oxygens (including phenoxy) is 1. The number of carbonyl (C=O) groups is 1. The van der Waals surface area contributed by atoms with E-state index in [1.165, 1.54) is 23.3 Å². The number of nitrogens with one attached hydrogen (secondary N) is 1. The van der Waals surface area contributed by atoms with E-state index in [0.717, 1.165) is 47.3 Å². The number of thiophene rings is 1. The molecule has 2 heterocycles. The van der Waals surface area contributed by atoms with Crippen LogP contribution in [0.2, 0.25) is 0 Å². The molecule has 0 saturated carbocycles.